The van der Waals surface area contributed by atoms with Gasteiger partial charge in [0.05, 0.1) is 6.42 Å². The number of hydrogen-bond acceptors (Lipinski definition) is 1. The van der Waals surface area contributed by atoms with Crippen LogP contribution in [0.25, 0.3) is 0 Å². The van der Waals surface area contributed by atoms with Gasteiger partial charge in [-0.2, -0.15) is 0 Å². The first-order valence-electron chi connectivity index (χ1n) is 3.39. The zero-order valence-electron chi connectivity index (χ0n) is 6.55. The lowest BCUT2D eigenvalue weighted by Gasteiger charge is -2.13. The lowest BCUT2D eigenvalue weighted by atomic mass is 10.3. The first-order valence-corrected chi connectivity index (χ1v) is 3.39. The van der Waals surface area contributed by atoms with E-state index in [0.717, 1.165) is 13.0 Å². The monoisotopic (exact) mass is 139 g/mol. The Morgan fingerprint density at radius 3 is 2.70 bits per heavy atom. The van der Waals surface area contributed by atoms with E-state index in [1.165, 1.54) is 0 Å². The Bertz CT molecular complexity index is 146. The molecule has 0 aromatic rings. The molecule has 0 heterocycles. The molecule has 0 rings (SSSR count). The van der Waals surface area contributed by atoms with Crippen LogP contribution in [-0.4, -0.2) is 24.4 Å². The lowest BCUT2D eigenvalue weighted by molar-refractivity contribution is -0.128. The number of carbonyl (C=O) groups excluding carboxylic acids is 1. The average molecular weight is 139 g/mol. The van der Waals surface area contributed by atoms with Gasteiger partial charge in [-0.15, -0.1) is 6.42 Å². The summed E-state index contributed by atoms with van der Waals surface area (Å²) < 4.78 is 0. The Morgan fingerprint density at radius 1 is 1.70 bits per heavy atom. The SMILES string of the molecule is C#CCC(=O)N(C)CCC. The van der Waals surface area contributed by atoms with Crippen LogP contribution in [0.5, 0.6) is 0 Å². The second-order valence-corrected chi connectivity index (χ2v) is 2.20. The van der Waals surface area contributed by atoms with Gasteiger partial charge in [0.25, 0.3) is 0 Å². The minimum Gasteiger partial charge on any atom is -0.345 e. The van der Waals surface area contributed by atoms with Crippen molar-refractivity contribution in [3.63, 3.8) is 0 Å². The molecule has 0 atom stereocenters. The van der Waals surface area contributed by atoms with Crippen LogP contribution in [-0.2, 0) is 4.79 Å². The van der Waals surface area contributed by atoms with Crippen molar-refractivity contribution < 1.29 is 4.79 Å². The number of rotatable bonds is 3. The summed E-state index contributed by atoms with van der Waals surface area (Å²) in [6.07, 6.45) is 6.16. The lowest BCUT2D eigenvalue weighted by Crippen LogP contribution is -2.26. The van der Waals surface area contributed by atoms with Crippen molar-refractivity contribution in [3.8, 4) is 12.3 Å². The third-order valence-corrected chi connectivity index (χ3v) is 1.24. The van der Waals surface area contributed by atoms with Crippen LogP contribution in [0, 0.1) is 12.3 Å². The van der Waals surface area contributed by atoms with Crippen LogP contribution < -0.4 is 0 Å². The summed E-state index contributed by atoms with van der Waals surface area (Å²) in [7, 11) is 1.77. The number of carbonyl (C=O) groups is 1. The third-order valence-electron chi connectivity index (χ3n) is 1.24. The number of hydrogen-bond donors (Lipinski definition) is 0. The fourth-order valence-corrected chi connectivity index (χ4v) is 0.682. The van der Waals surface area contributed by atoms with Crippen molar-refractivity contribution >= 4 is 5.91 Å². The first kappa shape index (κ1) is 9.03. The molecule has 2 nitrogen and oxygen atoms in total. The predicted octanol–water partition coefficient (Wildman–Crippen LogP) is 0.878. The smallest absolute Gasteiger partial charge is 0.234 e. The van der Waals surface area contributed by atoms with Crippen LogP contribution >= 0.6 is 0 Å². The van der Waals surface area contributed by atoms with Gasteiger partial charge >= 0.3 is 0 Å². The fraction of sp³-hybridized carbons (Fsp3) is 0.625. The molecule has 0 N–H and O–H groups in total. The van der Waals surface area contributed by atoms with Crippen molar-refractivity contribution in [1.29, 1.82) is 0 Å². The van der Waals surface area contributed by atoms with Gasteiger partial charge in [-0.1, -0.05) is 12.8 Å². The molecular formula is C8H13NO. The molecule has 0 bridgehead atoms. The van der Waals surface area contributed by atoms with Crippen molar-refractivity contribution in [2.75, 3.05) is 13.6 Å². The van der Waals surface area contributed by atoms with E-state index in [9.17, 15) is 4.79 Å². The minimum absolute atomic E-state index is 0.0318. The molecule has 0 unspecified atom stereocenters. The number of amides is 1. The maximum Gasteiger partial charge on any atom is 0.234 e. The van der Waals surface area contributed by atoms with E-state index >= 15 is 0 Å². The summed E-state index contributed by atoms with van der Waals surface area (Å²) in [5, 5.41) is 0. The van der Waals surface area contributed by atoms with Crippen molar-refractivity contribution in [3.05, 3.63) is 0 Å². The molecule has 1 amide bonds. The van der Waals surface area contributed by atoms with Gasteiger partial charge in [0.15, 0.2) is 0 Å². The van der Waals surface area contributed by atoms with Crippen LogP contribution in [0.2, 0.25) is 0 Å². The Labute approximate surface area is 62.2 Å². The van der Waals surface area contributed by atoms with Crippen molar-refractivity contribution in [2.24, 2.45) is 0 Å². The van der Waals surface area contributed by atoms with Gasteiger partial charge in [-0.25, -0.2) is 0 Å². The van der Waals surface area contributed by atoms with E-state index in [0.29, 0.717) is 0 Å². The normalized spacial score (nSPS) is 8.50. The molecule has 0 fully saturated rings. The highest BCUT2D eigenvalue weighted by Crippen LogP contribution is 1.90. The molecule has 0 radical (unpaired) electrons. The van der Waals surface area contributed by atoms with E-state index in [1.54, 1.807) is 11.9 Å². The molecule has 0 saturated heterocycles. The number of nitrogens with zero attached hydrogens (tertiary/aromatic N) is 1. The van der Waals surface area contributed by atoms with Crippen LogP contribution in [0.3, 0.4) is 0 Å². The Balaban J connectivity index is 3.62. The Morgan fingerprint density at radius 2 is 2.30 bits per heavy atom. The second-order valence-electron chi connectivity index (χ2n) is 2.20. The molecule has 0 spiro atoms. The van der Waals surface area contributed by atoms with Crippen molar-refractivity contribution in [1.82, 2.24) is 4.90 Å². The van der Waals surface area contributed by atoms with E-state index in [2.05, 4.69) is 5.92 Å². The molecule has 0 saturated carbocycles. The van der Waals surface area contributed by atoms with E-state index in [-0.39, 0.29) is 12.3 Å². The van der Waals surface area contributed by atoms with Crippen LogP contribution in [0.15, 0.2) is 0 Å². The van der Waals surface area contributed by atoms with E-state index in [4.69, 9.17) is 6.42 Å². The van der Waals surface area contributed by atoms with Crippen LogP contribution in [0.1, 0.15) is 19.8 Å². The van der Waals surface area contributed by atoms with Gasteiger partial charge < -0.3 is 4.90 Å². The van der Waals surface area contributed by atoms with E-state index < -0.39 is 0 Å². The molecule has 10 heavy (non-hydrogen) atoms. The summed E-state index contributed by atoms with van der Waals surface area (Å²) >= 11 is 0. The predicted molar refractivity (Wildman–Crippen MR) is 41.4 cm³/mol. The van der Waals surface area contributed by atoms with Gasteiger partial charge in [-0.05, 0) is 6.42 Å². The topological polar surface area (TPSA) is 20.3 Å². The van der Waals surface area contributed by atoms with Gasteiger partial charge in [0.1, 0.15) is 0 Å². The minimum atomic E-state index is 0.0318. The van der Waals surface area contributed by atoms with Crippen LogP contribution in [0.4, 0.5) is 0 Å². The third kappa shape index (κ3) is 3.13. The second kappa shape index (κ2) is 4.87. The zero-order chi connectivity index (χ0) is 7.98. The largest absolute Gasteiger partial charge is 0.345 e. The molecule has 0 aromatic heterocycles. The van der Waals surface area contributed by atoms with Gasteiger partial charge in [-0.3, -0.25) is 4.79 Å². The Kier molecular flexibility index (Phi) is 4.39. The molecular weight excluding hydrogens is 126 g/mol. The molecule has 0 aromatic carbocycles. The molecule has 0 aliphatic carbocycles. The zero-order valence-corrected chi connectivity index (χ0v) is 6.55. The highest BCUT2D eigenvalue weighted by molar-refractivity contribution is 5.78. The maximum atomic E-state index is 10.9. The quantitative estimate of drug-likeness (QED) is 0.531. The Hall–Kier alpha value is -0.970. The summed E-state index contributed by atoms with van der Waals surface area (Å²) in [6, 6.07) is 0. The average Bonchev–Trinajstić information content (AvgIpc) is 1.89. The van der Waals surface area contributed by atoms with E-state index in [1.807, 2.05) is 6.92 Å². The highest BCUT2D eigenvalue weighted by Gasteiger charge is 2.03. The van der Waals surface area contributed by atoms with Crippen molar-refractivity contribution in [2.45, 2.75) is 19.8 Å². The standard InChI is InChI=1S/C8H13NO/c1-4-6-8(10)9(3)7-5-2/h1H,5-7H2,2-3H3. The van der Waals surface area contributed by atoms with Gasteiger partial charge in [0.2, 0.25) is 5.91 Å². The molecule has 56 valence electrons. The summed E-state index contributed by atoms with van der Waals surface area (Å²) in [6.45, 7) is 2.82. The number of terminal acetylenes is 1. The fourth-order valence-electron chi connectivity index (χ4n) is 0.682. The summed E-state index contributed by atoms with van der Waals surface area (Å²) in [4.78, 5) is 12.6. The first-order chi connectivity index (χ1) is 4.72. The highest BCUT2D eigenvalue weighted by atomic mass is 16.2. The summed E-state index contributed by atoms with van der Waals surface area (Å²) in [5.41, 5.74) is 0. The maximum absolute atomic E-state index is 10.9. The molecule has 0 aliphatic heterocycles. The molecule has 0 aliphatic rings. The molecule has 2 heteroatoms. The summed E-state index contributed by atoms with van der Waals surface area (Å²) in [5.74, 6) is 2.35. The van der Waals surface area contributed by atoms with Gasteiger partial charge in [0, 0.05) is 13.6 Å².